The van der Waals surface area contributed by atoms with Gasteiger partial charge in [-0.3, -0.25) is 14.5 Å². The summed E-state index contributed by atoms with van der Waals surface area (Å²) in [6.07, 6.45) is 4.69. The van der Waals surface area contributed by atoms with Gasteiger partial charge in [-0.25, -0.2) is 4.68 Å². The highest BCUT2D eigenvalue weighted by molar-refractivity contribution is 7.10. The second-order valence-electron chi connectivity index (χ2n) is 6.72. The Morgan fingerprint density at radius 3 is 2.88 bits per heavy atom. The molecule has 0 aliphatic carbocycles. The highest BCUT2D eigenvalue weighted by atomic mass is 32.1. The molecule has 0 atom stereocenters. The van der Waals surface area contributed by atoms with E-state index in [1.54, 1.807) is 6.07 Å². The predicted molar refractivity (Wildman–Crippen MR) is 96.5 cm³/mol. The van der Waals surface area contributed by atoms with Crippen LogP contribution in [-0.2, 0) is 24.3 Å². The topological polar surface area (TPSA) is 58.4 Å². The lowest BCUT2D eigenvalue weighted by Crippen LogP contribution is -2.49. The number of carbonyl (C=O) groups is 1. The fourth-order valence-corrected chi connectivity index (χ4v) is 4.69. The van der Waals surface area contributed by atoms with E-state index in [1.165, 1.54) is 27.4 Å². The minimum absolute atomic E-state index is 0.0157. The van der Waals surface area contributed by atoms with Gasteiger partial charge in [0.05, 0.1) is 0 Å². The molecular weight excluding hydrogens is 336 g/mol. The molecule has 132 valence electrons. The van der Waals surface area contributed by atoms with Crippen LogP contribution in [0.25, 0.3) is 0 Å². The minimum Gasteiger partial charge on any atom is -0.341 e. The number of aromatic nitrogens is 2. The van der Waals surface area contributed by atoms with E-state index in [-0.39, 0.29) is 18.0 Å². The summed E-state index contributed by atoms with van der Waals surface area (Å²) < 4.78 is 1.23. The van der Waals surface area contributed by atoms with E-state index in [4.69, 9.17) is 0 Å². The standard InChI is InChI=1S/C18H22N4O2S/c23-17-2-1-7-19-22(17)13-18(24)20-8-3-15(4-9-20)21-10-5-16-14(12-21)6-11-25-16/h1-2,6-7,11,15H,3-5,8-10,12-13H2. The van der Waals surface area contributed by atoms with Crippen LogP contribution in [0.4, 0.5) is 0 Å². The van der Waals surface area contributed by atoms with Gasteiger partial charge < -0.3 is 4.90 Å². The Labute approximate surface area is 150 Å². The molecule has 25 heavy (non-hydrogen) atoms. The maximum Gasteiger partial charge on any atom is 0.267 e. The van der Waals surface area contributed by atoms with Gasteiger partial charge >= 0.3 is 0 Å². The van der Waals surface area contributed by atoms with Crippen molar-refractivity contribution in [2.24, 2.45) is 0 Å². The minimum atomic E-state index is -0.231. The van der Waals surface area contributed by atoms with Crippen LogP contribution in [0.5, 0.6) is 0 Å². The van der Waals surface area contributed by atoms with Crippen molar-refractivity contribution < 1.29 is 4.79 Å². The average molecular weight is 358 g/mol. The summed E-state index contributed by atoms with van der Waals surface area (Å²) in [5.41, 5.74) is 1.25. The van der Waals surface area contributed by atoms with Crippen LogP contribution in [0, 0.1) is 0 Å². The summed E-state index contributed by atoms with van der Waals surface area (Å²) in [7, 11) is 0. The maximum atomic E-state index is 12.4. The van der Waals surface area contributed by atoms with Gasteiger partial charge in [-0.1, -0.05) is 0 Å². The summed E-state index contributed by atoms with van der Waals surface area (Å²) in [4.78, 5) is 30.1. The lowest BCUT2D eigenvalue weighted by atomic mass is 9.99. The molecule has 2 aromatic heterocycles. The first-order valence-electron chi connectivity index (χ1n) is 8.80. The SMILES string of the molecule is O=C(Cn1ncccc1=O)N1CCC(N2CCc3sccc3C2)CC1. The van der Waals surface area contributed by atoms with Crippen molar-refractivity contribution in [3.63, 3.8) is 0 Å². The van der Waals surface area contributed by atoms with Crippen LogP contribution in [0.2, 0.25) is 0 Å². The highest BCUT2D eigenvalue weighted by Gasteiger charge is 2.29. The van der Waals surface area contributed by atoms with Crippen molar-refractivity contribution in [3.8, 4) is 0 Å². The average Bonchev–Trinajstić information content (AvgIpc) is 3.11. The van der Waals surface area contributed by atoms with Crippen molar-refractivity contribution in [1.82, 2.24) is 19.6 Å². The van der Waals surface area contributed by atoms with Gasteiger partial charge in [0.15, 0.2) is 0 Å². The normalized spacial score (nSPS) is 19.0. The molecule has 1 amide bonds. The van der Waals surface area contributed by atoms with E-state index in [2.05, 4.69) is 21.4 Å². The van der Waals surface area contributed by atoms with Gasteiger partial charge in [0.1, 0.15) is 6.54 Å². The third kappa shape index (κ3) is 3.52. The van der Waals surface area contributed by atoms with Crippen LogP contribution >= 0.6 is 11.3 Å². The van der Waals surface area contributed by atoms with Gasteiger partial charge in [-0.05, 0) is 42.3 Å². The Bertz CT molecular complexity index is 807. The van der Waals surface area contributed by atoms with Gasteiger partial charge in [0, 0.05) is 49.4 Å². The lowest BCUT2D eigenvalue weighted by Gasteiger charge is -2.40. The molecule has 0 spiro atoms. The van der Waals surface area contributed by atoms with Crippen molar-refractivity contribution in [2.45, 2.75) is 38.4 Å². The number of amides is 1. The summed E-state index contributed by atoms with van der Waals surface area (Å²) in [6.45, 7) is 3.72. The fourth-order valence-electron chi connectivity index (χ4n) is 3.80. The van der Waals surface area contributed by atoms with Crippen LogP contribution in [0.1, 0.15) is 23.3 Å². The number of hydrogen-bond donors (Lipinski definition) is 0. The molecule has 1 fully saturated rings. The first-order valence-corrected chi connectivity index (χ1v) is 9.68. The molecule has 6 nitrogen and oxygen atoms in total. The van der Waals surface area contributed by atoms with E-state index in [0.29, 0.717) is 6.04 Å². The van der Waals surface area contributed by atoms with Crippen LogP contribution < -0.4 is 5.56 Å². The van der Waals surface area contributed by atoms with Crippen LogP contribution in [-0.4, -0.2) is 51.2 Å². The molecule has 2 aliphatic heterocycles. The fraction of sp³-hybridized carbons (Fsp3) is 0.500. The smallest absolute Gasteiger partial charge is 0.267 e. The van der Waals surface area contributed by atoms with E-state index in [0.717, 1.165) is 45.4 Å². The molecule has 0 N–H and O–H groups in total. The molecule has 2 aromatic rings. The number of thiophene rings is 1. The number of nitrogens with zero attached hydrogens (tertiary/aromatic N) is 4. The molecule has 1 saturated heterocycles. The number of fused-ring (bicyclic) bond motifs is 1. The van der Waals surface area contributed by atoms with Gasteiger partial charge in [-0.2, -0.15) is 5.10 Å². The monoisotopic (exact) mass is 358 g/mol. The lowest BCUT2D eigenvalue weighted by molar-refractivity contribution is -0.133. The third-order valence-electron chi connectivity index (χ3n) is 5.24. The zero-order valence-corrected chi connectivity index (χ0v) is 15.0. The molecule has 2 aliphatic rings. The molecule has 4 heterocycles. The van der Waals surface area contributed by atoms with Gasteiger partial charge in [-0.15, -0.1) is 11.3 Å². The van der Waals surface area contributed by atoms with E-state index in [9.17, 15) is 9.59 Å². The molecule has 0 saturated carbocycles. The molecule has 4 rings (SSSR count). The van der Waals surface area contributed by atoms with Gasteiger partial charge in [0.2, 0.25) is 5.91 Å². The van der Waals surface area contributed by atoms with Crippen molar-refractivity contribution in [1.29, 1.82) is 0 Å². The molecule has 0 radical (unpaired) electrons. The van der Waals surface area contributed by atoms with Crippen LogP contribution in [0.15, 0.2) is 34.6 Å². The Balaban J connectivity index is 1.32. The number of hydrogen-bond acceptors (Lipinski definition) is 5. The molecule has 0 aromatic carbocycles. The zero-order valence-electron chi connectivity index (χ0n) is 14.1. The largest absolute Gasteiger partial charge is 0.341 e. The summed E-state index contributed by atoms with van der Waals surface area (Å²) in [5.74, 6) is -0.0157. The maximum absolute atomic E-state index is 12.4. The number of piperidine rings is 1. The Morgan fingerprint density at radius 1 is 1.24 bits per heavy atom. The van der Waals surface area contributed by atoms with E-state index >= 15 is 0 Å². The van der Waals surface area contributed by atoms with E-state index < -0.39 is 0 Å². The third-order valence-corrected chi connectivity index (χ3v) is 6.26. The van der Waals surface area contributed by atoms with Crippen molar-refractivity contribution in [3.05, 3.63) is 50.6 Å². The number of rotatable bonds is 3. The molecule has 0 unspecified atom stereocenters. The number of carbonyl (C=O) groups excluding carboxylic acids is 1. The summed E-state index contributed by atoms with van der Waals surface area (Å²) in [5, 5.41) is 6.16. The first-order chi connectivity index (χ1) is 12.2. The quantitative estimate of drug-likeness (QED) is 0.831. The second-order valence-corrected chi connectivity index (χ2v) is 7.72. The summed E-state index contributed by atoms with van der Waals surface area (Å²) >= 11 is 1.87. The van der Waals surface area contributed by atoms with Gasteiger partial charge in [0.25, 0.3) is 5.56 Å². The van der Waals surface area contributed by atoms with Crippen LogP contribution in [0.3, 0.4) is 0 Å². The number of likely N-dealkylation sites (tertiary alicyclic amines) is 1. The molecular formula is C18H22N4O2S. The Hall–Kier alpha value is -1.99. The molecule has 0 bridgehead atoms. The highest BCUT2D eigenvalue weighted by Crippen LogP contribution is 2.28. The summed E-state index contributed by atoms with van der Waals surface area (Å²) in [6, 6.07) is 5.82. The molecule has 7 heteroatoms. The van der Waals surface area contributed by atoms with E-state index in [1.807, 2.05) is 16.2 Å². The predicted octanol–water partition coefficient (Wildman–Crippen LogP) is 1.35. The Kier molecular flexibility index (Phi) is 4.67. The first kappa shape index (κ1) is 16.5. The van der Waals surface area contributed by atoms with Crippen molar-refractivity contribution in [2.75, 3.05) is 19.6 Å². The second kappa shape index (κ2) is 7.09. The zero-order chi connectivity index (χ0) is 17.2. The van der Waals surface area contributed by atoms with Crippen molar-refractivity contribution >= 4 is 17.2 Å². The Morgan fingerprint density at radius 2 is 2.08 bits per heavy atom.